The second kappa shape index (κ2) is 7.30. The summed E-state index contributed by atoms with van der Waals surface area (Å²) in [5.41, 5.74) is 4.64. The quantitative estimate of drug-likeness (QED) is 0.716. The van der Waals surface area contributed by atoms with Crippen molar-refractivity contribution in [2.45, 2.75) is 27.3 Å². The average molecular weight is 334 g/mol. The van der Waals surface area contributed by atoms with Gasteiger partial charge in [0.15, 0.2) is 0 Å². The molecule has 1 aromatic carbocycles. The van der Waals surface area contributed by atoms with Crippen LogP contribution in [-0.4, -0.2) is 27.2 Å². The minimum atomic E-state index is -0.0225. The Kier molecular flexibility index (Phi) is 4.93. The molecule has 25 heavy (non-hydrogen) atoms. The van der Waals surface area contributed by atoms with Crippen molar-refractivity contribution in [1.82, 2.24) is 14.8 Å². The molecular formula is C20H22N4O. The predicted molar refractivity (Wildman–Crippen MR) is 98.8 cm³/mol. The van der Waals surface area contributed by atoms with Gasteiger partial charge >= 0.3 is 0 Å². The molecule has 0 spiro atoms. The van der Waals surface area contributed by atoms with Gasteiger partial charge in [-0.2, -0.15) is 5.10 Å². The van der Waals surface area contributed by atoms with E-state index in [0.717, 1.165) is 22.6 Å². The first kappa shape index (κ1) is 16.9. The molecule has 2 aromatic heterocycles. The van der Waals surface area contributed by atoms with Crippen molar-refractivity contribution in [1.29, 1.82) is 0 Å². The summed E-state index contributed by atoms with van der Waals surface area (Å²) in [6.07, 6.45) is 3.41. The number of aryl methyl sites for hydroxylation is 2. The van der Waals surface area contributed by atoms with E-state index in [9.17, 15) is 4.79 Å². The summed E-state index contributed by atoms with van der Waals surface area (Å²) in [6, 6.07) is 13.5. The van der Waals surface area contributed by atoms with E-state index in [1.807, 2.05) is 61.9 Å². The first-order chi connectivity index (χ1) is 12.1. The van der Waals surface area contributed by atoms with Gasteiger partial charge in [0, 0.05) is 24.0 Å². The maximum absolute atomic E-state index is 12.9. The largest absolute Gasteiger partial charge is 0.307 e. The van der Waals surface area contributed by atoms with Crippen molar-refractivity contribution in [2.24, 2.45) is 0 Å². The van der Waals surface area contributed by atoms with E-state index < -0.39 is 0 Å². The van der Waals surface area contributed by atoms with E-state index in [1.54, 1.807) is 17.3 Å². The minimum Gasteiger partial charge on any atom is -0.307 e. The molecule has 0 saturated heterocycles. The zero-order valence-electron chi connectivity index (χ0n) is 14.8. The number of hydrogen-bond acceptors (Lipinski definition) is 3. The van der Waals surface area contributed by atoms with E-state index in [2.05, 4.69) is 16.1 Å². The van der Waals surface area contributed by atoms with Crippen molar-refractivity contribution in [3.05, 3.63) is 77.4 Å². The molecule has 2 heterocycles. The van der Waals surface area contributed by atoms with Crippen LogP contribution in [0.15, 0.2) is 54.9 Å². The van der Waals surface area contributed by atoms with Gasteiger partial charge in [-0.15, -0.1) is 0 Å². The lowest BCUT2D eigenvalue weighted by atomic mass is 10.1. The SMILES string of the molecule is CCN(C(=O)c1cccc(Cn2nc(C)cc2C)c1)c1cccnc1. The van der Waals surface area contributed by atoms with Crippen LogP contribution in [0.5, 0.6) is 0 Å². The molecule has 3 aromatic rings. The molecule has 5 heteroatoms. The summed E-state index contributed by atoms with van der Waals surface area (Å²) in [6.45, 7) is 7.23. The lowest BCUT2D eigenvalue weighted by molar-refractivity contribution is 0.0988. The Bertz CT molecular complexity index is 870. The highest BCUT2D eigenvalue weighted by Gasteiger charge is 2.16. The highest BCUT2D eigenvalue weighted by atomic mass is 16.2. The summed E-state index contributed by atoms with van der Waals surface area (Å²) in [5, 5.41) is 4.49. The lowest BCUT2D eigenvalue weighted by Gasteiger charge is -2.21. The van der Waals surface area contributed by atoms with Crippen LogP contribution in [0.1, 0.15) is 34.2 Å². The zero-order chi connectivity index (χ0) is 17.8. The summed E-state index contributed by atoms with van der Waals surface area (Å²) in [5.74, 6) is -0.0225. The smallest absolute Gasteiger partial charge is 0.258 e. The molecule has 0 bridgehead atoms. The summed E-state index contributed by atoms with van der Waals surface area (Å²) in [4.78, 5) is 18.8. The van der Waals surface area contributed by atoms with Crippen molar-refractivity contribution in [3.63, 3.8) is 0 Å². The minimum absolute atomic E-state index is 0.0225. The van der Waals surface area contributed by atoms with Crippen molar-refractivity contribution >= 4 is 11.6 Å². The van der Waals surface area contributed by atoms with E-state index in [-0.39, 0.29) is 5.91 Å². The second-order valence-electron chi connectivity index (χ2n) is 6.05. The van der Waals surface area contributed by atoms with Crippen LogP contribution in [-0.2, 0) is 6.54 Å². The van der Waals surface area contributed by atoms with Crippen LogP contribution in [0.3, 0.4) is 0 Å². The maximum Gasteiger partial charge on any atom is 0.258 e. The molecule has 0 fully saturated rings. The highest BCUT2D eigenvalue weighted by Crippen LogP contribution is 2.17. The molecule has 0 N–H and O–H groups in total. The molecule has 0 aliphatic carbocycles. The third kappa shape index (κ3) is 3.76. The van der Waals surface area contributed by atoms with Crippen molar-refractivity contribution in [2.75, 3.05) is 11.4 Å². The molecule has 0 saturated carbocycles. The van der Waals surface area contributed by atoms with E-state index >= 15 is 0 Å². The monoisotopic (exact) mass is 334 g/mol. The van der Waals surface area contributed by atoms with Gasteiger partial charge in [0.2, 0.25) is 0 Å². The molecule has 0 aliphatic heterocycles. The van der Waals surface area contributed by atoms with Crippen molar-refractivity contribution in [3.8, 4) is 0 Å². The number of pyridine rings is 1. The van der Waals surface area contributed by atoms with Crippen LogP contribution in [0.2, 0.25) is 0 Å². The van der Waals surface area contributed by atoms with Crippen LogP contribution in [0, 0.1) is 13.8 Å². The normalized spacial score (nSPS) is 10.7. The fourth-order valence-corrected chi connectivity index (χ4v) is 2.92. The standard InChI is InChI=1S/C20H22N4O/c1-4-23(19-9-6-10-21-13-19)20(25)18-8-5-7-17(12-18)14-24-16(3)11-15(2)22-24/h5-13H,4,14H2,1-3H3. The highest BCUT2D eigenvalue weighted by molar-refractivity contribution is 6.06. The molecule has 128 valence electrons. The van der Waals surface area contributed by atoms with Gasteiger partial charge in [-0.1, -0.05) is 12.1 Å². The van der Waals surface area contributed by atoms with Gasteiger partial charge in [-0.25, -0.2) is 0 Å². The van der Waals surface area contributed by atoms with Gasteiger partial charge in [0.25, 0.3) is 5.91 Å². The number of carbonyl (C=O) groups is 1. The van der Waals surface area contributed by atoms with Crippen LogP contribution in [0.25, 0.3) is 0 Å². The summed E-state index contributed by atoms with van der Waals surface area (Å²) >= 11 is 0. The van der Waals surface area contributed by atoms with Gasteiger partial charge in [-0.3, -0.25) is 14.5 Å². The van der Waals surface area contributed by atoms with Gasteiger partial charge < -0.3 is 4.90 Å². The second-order valence-corrected chi connectivity index (χ2v) is 6.05. The van der Waals surface area contributed by atoms with Crippen LogP contribution in [0.4, 0.5) is 5.69 Å². The Balaban J connectivity index is 1.85. The number of hydrogen-bond donors (Lipinski definition) is 0. The van der Waals surface area contributed by atoms with E-state index in [0.29, 0.717) is 18.7 Å². The Labute approximate surface area is 147 Å². The van der Waals surface area contributed by atoms with Gasteiger partial charge in [0.1, 0.15) is 0 Å². The molecule has 0 unspecified atom stereocenters. The van der Waals surface area contributed by atoms with Crippen LogP contribution < -0.4 is 4.90 Å². The summed E-state index contributed by atoms with van der Waals surface area (Å²) in [7, 11) is 0. The molecule has 5 nitrogen and oxygen atoms in total. The number of carbonyl (C=O) groups excluding carboxylic acids is 1. The molecular weight excluding hydrogens is 312 g/mol. The number of benzene rings is 1. The number of rotatable bonds is 5. The topological polar surface area (TPSA) is 51.0 Å². The number of anilines is 1. The molecule has 0 aliphatic rings. The number of nitrogens with zero attached hydrogens (tertiary/aromatic N) is 4. The Morgan fingerprint density at radius 3 is 2.64 bits per heavy atom. The first-order valence-corrected chi connectivity index (χ1v) is 8.40. The molecule has 0 atom stereocenters. The summed E-state index contributed by atoms with van der Waals surface area (Å²) < 4.78 is 1.96. The van der Waals surface area contributed by atoms with E-state index in [1.165, 1.54) is 0 Å². The first-order valence-electron chi connectivity index (χ1n) is 8.40. The van der Waals surface area contributed by atoms with Gasteiger partial charge in [-0.05, 0) is 56.7 Å². The third-order valence-electron chi connectivity index (χ3n) is 4.13. The number of amides is 1. The van der Waals surface area contributed by atoms with Crippen molar-refractivity contribution < 1.29 is 4.79 Å². The lowest BCUT2D eigenvalue weighted by Crippen LogP contribution is -2.30. The predicted octanol–water partition coefficient (Wildman–Crippen LogP) is 3.61. The third-order valence-corrected chi connectivity index (χ3v) is 4.13. The number of aromatic nitrogens is 3. The zero-order valence-corrected chi connectivity index (χ0v) is 14.8. The fourth-order valence-electron chi connectivity index (χ4n) is 2.92. The van der Waals surface area contributed by atoms with Gasteiger partial charge in [0.05, 0.1) is 24.1 Å². The van der Waals surface area contributed by atoms with E-state index in [4.69, 9.17) is 0 Å². The van der Waals surface area contributed by atoms with Crippen LogP contribution >= 0.6 is 0 Å². The molecule has 3 rings (SSSR count). The maximum atomic E-state index is 12.9. The molecule has 1 amide bonds. The Morgan fingerprint density at radius 1 is 1.16 bits per heavy atom. The molecule has 0 radical (unpaired) electrons. The Hall–Kier alpha value is -2.95. The Morgan fingerprint density at radius 2 is 2.00 bits per heavy atom. The fraction of sp³-hybridized carbons (Fsp3) is 0.250. The average Bonchev–Trinajstić information content (AvgIpc) is 2.94.